The molecular weight excluding hydrogens is 276 g/mol. The van der Waals surface area contributed by atoms with Gasteiger partial charge in [0.15, 0.2) is 0 Å². The molecule has 2 unspecified atom stereocenters. The van der Waals surface area contributed by atoms with Crippen LogP contribution in [0.4, 0.5) is 5.69 Å². The molecule has 0 radical (unpaired) electrons. The van der Waals surface area contributed by atoms with Crippen molar-refractivity contribution in [3.8, 4) is 0 Å². The highest BCUT2D eigenvalue weighted by Crippen LogP contribution is 2.23. The van der Waals surface area contributed by atoms with E-state index < -0.39 is 10.0 Å². The van der Waals surface area contributed by atoms with Crippen molar-refractivity contribution in [3.63, 3.8) is 0 Å². The first kappa shape index (κ1) is 15.2. The van der Waals surface area contributed by atoms with Crippen LogP contribution in [0.3, 0.4) is 0 Å². The molecule has 1 aliphatic rings. The Balaban J connectivity index is 2.25. The van der Waals surface area contributed by atoms with Crippen LogP contribution in [0.25, 0.3) is 0 Å². The van der Waals surface area contributed by atoms with Crippen molar-refractivity contribution in [3.05, 3.63) is 24.3 Å². The zero-order valence-electron chi connectivity index (χ0n) is 12.1. The summed E-state index contributed by atoms with van der Waals surface area (Å²) in [5.74, 6) is 5.29. The molecule has 1 saturated heterocycles. The van der Waals surface area contributed by atoms with Crippen LogP contribution in [0.1, 0.15) is 13.8 Å². The second-order valence-electron chi connectivity index (χ2n) is 5.35. The molecule has 1 aromatic rings. The number of hydrazine groups is 1. The highest BCUT2D eigenvalue weighted by atomic mass is 32.2. The van der Waals surface area contributed by atoms with Gasteiger partial charge in [-0.3, -0.25) is 10.7 Å². The third kappa shape index (κ3) is 2.80. The zero-order chi connectivity index (χ0) is 14.9. The van der Waals surface area contributed by atoms with Crippen molar-refractivity contribution < 1.29 is 8.42 Å². The molecule has 0 saturated carbocycles. The summed E-state index contributed by atoms with van der Waals surface area (Å²) in [7, 11) is -1.41. The number of anilines is 1. The molecule has 0 amide bonds. The fraction of sp³-hybridized carbons (Fsp3) is 0.538. The second kappa shape index (κ2) is 5.69. The lowest BCUT2D eigenvalue weighted by Crippen LogP contribution is -2.56. The molecule has 0 aliphatic carbocycles. The van der Waals surface area contributed by atoms with E-state index >= 15 is 0 Å². The number of piperazine rings is 1. The Bertz CT molecular complexity index is 546. The molecule has 3 N–H and O–H groups in total. The lowest BCUT2D eigenvalue weighted by atomic mass is 10.1. The van der Waals surface area contributed by atoms with Crippen LogP contribution < -0.4 is 11.3 Å². The van der Waals surface area contributed by atoms with Gasteiger partial charge in [-0.15, -0.1) is 0 Å². The van der Waals surface area contributed by atoms with Crippen molar-refractivity contribution in [2.75, 3.05) is 25.6 Å². The fourth-order valence-electron chi connectivity index (χ4n) is 2.42. The van der Waals surface area contributed by atoms with Gasteiger partial charge in [0.05, 0.1) is 4.90 Å². The summed E-state index contributed by atoms with van der Waals surface area (Å²) < 4.78 is 26.8. The van der Waals surface area contributed by atoms with Crippen LogP contribution >= 0.6 is 0 Å². The summed E-state index contributed by atoms with van der Waals surface area (Å²) >= 11 is 0. The Morgan fingerprint density at radius 3 is 2.10 bits per heavy atom. The minimum Gasteiger partial charge on any atom is -0.324 e. The van der Waals surface area contributed by atoms with Gasteiger partial charge in [0, 0.05) is 30.9 Å². The molecule has 1 heterocycles. The molecule has 2 rings (SSSR count). The highest BCUT2D eigenvalue weighted by molar-refractivity contribution is 7.89. The van der Waals surface area contributed by atoms with Crippen LogP contribution in [0.5, 0.6) is 0 Å². The first-order chi connectivity index (χ1) is 9.36. The van der Waals surface area contributed by atoms with E-state index in [0.717, 1.165) is 0 Å². The van der Waals surface area contributed by atoms with Gasteiger partial charge in [-0.1, -0.05) is 0 Å². The Hall–Kier alpha value is -1.15. The lowest BCUT2D eigenvalue weighted by Gasteiger charge is -2.41. The third-order valence-electron chi connectivity index (χ3n) is 3.98. The summed E-state index contributed by atoms with van der Waals surface area (Å²) in [6.45, 7) is 5.11. The molecule has 0 spiro atoms. The monoisotopic (exact) mass is 298 g/mol. The van der Waals surface area contributed by atoms with Crippen molar-refractivity contribution in [2.24, 2.45) is 5.84 Å². The molecule has 20 heavy (non-hydrogen) atoms. The van der Waals surface area contributed by atoms with Crippen molar-refractivity contribution in [1.82, 2.24) is 9.21 Å². The molecule has 1 aliphatic heterocycles. The molecule has 1 aromatic carbocycles. The van der Waals surface area contributed by atoms with Gasteiger partial charge in [0.25, 0.3) is 0 Å². The number of nitrogens with two attached hydrogens (primary N) is 1. The number of hydrogen-bond donors (Lipinski definition) is 2. The number of benzene rings is 1. The van der Waals surface area contributed by atoms with Crippen LogP contribution in [0.2, 0.25) is 0 Å². The summed E-state index contributed by atoms with van der Waals surface area (Å²) in [4.78, 5) is 2.51. The van der Waals surface area contributed by atoms with E-state index in [4.69, 9.17) is 5.84 Å². The largest absolute Gasteiger partial charge is 0.324 e. The maximum absolute atomic E-state index is 12.6. The number of nitrogens with zero attached hydrogens (tertiary/aromatic N) is 2. The van der Waals surface area contributed by atoms with E-state index in [2.05, 4.69) is 10.3 Å². The lowest BCUT2D eigenvalue weighted by molar-refractivity contribution is 0.105. The maximum atomic E-state index is 12.6. The summed E-state index contributed by atoms with van der Waals surface area (Å²) in [5, 5.41) is 0. The number of nitrogens with one attached hydrogen (secondary N) is 1. The quantitative estimate of drug-likeness (QED) is 0.634. The molecular formula is C13H22N4O2S. The SMILES string of the molecule is CC1CN(S(=O)(=O)c2ccc(NN)cc2)CC(C)N1C. The topological polar surface area (TPSA) is 78.7 Å². The minimum atomic E-state index is -3.44. The molecule has 7 heteroatoms. The predicted octanol–water partition coefficient (Wildman–Crippen LogP) is 0.685. The van der Waals surface area contributed by atoms with Crippen LogP contribution in [0.15, 0.2) is 29.2 Å². The van der Waals surface area contributed by atoms with Gasteiger partial charge in [0.2, 0.25) is 10.0 Å². The van der Waals surface area contributed by atoms with Crippen LogP contribution in [-0.4, -0.2) is 49.8 Å². The average molecular weight is 298 g/mol. The van der Waals surface area contributed by atoms with Gasteiger partial charge in [-0.25, -0.2) is 8.42 Å². The van der Waals surface area contributed by atoms with Crippen molar-refractivity contribution in [2.45, 2.75) is 30.8 Å². The van der Waals surface area contributed by atoms with Crippen molar-refractivity contribution in [1.29, 1.82) is 0 Å². The number of rotatable bonds is 3. The van der Waals surface area contributed by atoms with E-state index in [-0.39, 0.29) is 12.1 Å². The minimum absolute atomic E-state index is 0.207. The smallest absolute Gasteiger partial charge is 0.243 e. The van der Waals surface area contributed by atoms with Gasteiger partial charge < -0.3 is 5.43 Å². The summed E-state index contributed by atoms with van der Waals surface area (Å²) in [6, 6.07) is 6.90. The molecule has 0 aromatic heterocycles. The number of nitrogen functional groups attached to an aromatic ring is 1. The molecule has 112 valence electrons. The molecule has 0 bridgehead atoms. The number of hydrogen-bond acceptors (Lipinski definition) is 5. The Kier molecular flexibility index (Phi) is 4.33. The van der Waals surface area contributed by atoms with Gasteiger partial charge in [0.1, 0.15) is 0 Å². The maximum Gasteiger partial charge on any atom is 0.243 e. The highest BCUT2D eigenvalue weighted by Gasteiger charge is 2.34. The standard InChI is InChI=1S/C13H22N4O2S/c1-10-8-17(9-11(2)16(10)3)20(18,19)13-6-4-12(15-14)5-7-13/h4-7,10-11,15H,8-9,14H2,1-3H3. The Morgan fingerprint density at radius 1 is 1.15 bits per heavy atom. The Morgan fingerprint density at radius 2 is 1.65 bits per heavy atom. The number of sulfonamides is 1. The van der Waals surface area contributed by atoms with Gasteiger partial charge in [-0.05, 0) is 45.2 Å². The van der Waals surface area contributed by atoms with Crippen LogP contribution in [-0.2, 0) is 10.0 Å². The normalized spacial score (nSPS) is 25.6. The molecule has 6 nitrogen and oxygen atoms in total. The van der Waals surface area contributed by atoms with Crippen molar-refractivity contribution >= 4 is 15.7 Å². The van der Waals surface area contributed by atoms with E-state index in [1.54, 1.807) is 28.6 Å². The number of likely N-dealkylation sites (N-methyl/N-ethyl adjacent to an activating group) is 1. The predicted molar refractivity (Wildman–Crippen MR) is 79.7 cm³/mol. The Labute approximate surface area is 120 Å². The van der Waals surface area contributed by atoms with E-state index in [0.29, 0.717) is 23.7 Å². The van der Waals surface area contributed by atoms with Gasteiger partial charge >= 0.3 is 0 Å². The van der Waals surface area contributed by atoms with E-state index in [1.807, 2.05) is 20.9 Å². The van der Waals surface area contributed by atoms with E-state index in [1.165, 1.54) is 0 Å². The summed E-state index contributed by atoms with van der Waals surface area (Å²) in [5.41, 5.74) is 3.17. The van der Waals surface area contributed by atoms with E-state index in [9.17, 15) is 8.42 Å². The summed E-state index contributed by atoms with van der Waals surface area (Å²) in [6.07, 6.45) is 0. The molecule has 2 atom stereocenters. The fourth-order valence-corrected chi connectivity index (χ4v) is 4.03. The molecule has 1 fully saturated rings. The zero-order valence-corrected chi connectivity index (χ0v) is 12.9. The van der Waals surface area contributed by atoms with Crippen LogP contribution in [0, 0.1) is 0 Å². The average Bonchev–Trinajstić information content (AvgIpc) is 2.44. The second-order valence-corrected chi connectivity index (χ2v) is 7.29. The first-order valence-electron chi connectivity index (χ1n) is 6.65. The first-order valence-corrected chi connectivity index (χ1v) is 8.09. The third-order valence-corrected chi connectivity index (χ3v) is 5.83. The van der Waals surface area contributed by atoms with Gasteiger partial charge in [-0.2, -0.15) is 4.31 Å².